The van der Waals surface area contributed by atoms with Crippen molar-refractivity contribution in [2.75, 3.05) is 19.6 Å². The minimum absolute atomic E-state index is 0.0475. The van der Waals surface area contributed by atoms with Crippen LogP contribution in [0.2, 0.25) is 0 Å². The van der Waals surface area contributed by atoms with E-state index in [0.717, 1.165) is 26.1 Å². The van der Waals surface area contributed by atoms with Gasteiger partial charge in [-0.2, -0.15) is 0 Å². The van der Waals surface area contributed by atoms with Crippen LogP contribution in [0.3, 0.4) is 0 Å². The predicted octanol–water partition coefficient (Wildman–Crippen LogP) is 0.764. The Morgan fingerprint density at radius 2 is 1.94 bits per heavy atom. The standard InChI is InChI=1S/C12H22N2O2/c1-9-7-14(8-10(2)16-9)12(15)11-5-3-4-6-13-11/h9-11,13H,3-8H2,1-2H3/t9?,10?,11-/m0/s1. The molecule has 0 aromatic rings. The molecule has 0 aromatic heterocycles. The van der Waals surface area contributed by atoms with E-state index in [9.17, 15) is 4.79 Å². The van der Waals surface area contributed by atoms with Crippen molar-refractivity contribution < 1.29 is 9.53 Å². The predicted molar refractivity (Wildman–Crippen MR) is 62.2 cm³/mol. The number of hydrogen-bond donors (Lipinski definition) is 1. The Labute approximate surface area is 97.3 Å². The van der Waals surface area contributed by atoms with Gasteiger partial charge >= 0.3 is 0 Å². The average Bonchev–Trinajstić information content (AvgIpc) is 2.28. The number of hydrogen-bond acceptors (Lipinski definition) is 3. The molecule has 2 rings (SSSR count). The molecule has 1 N–H and O–H groups in total. The van der Waals surface area contributed by atoms with Gasteiger partial charge in [-0.05, 0) is 33.2 Å². The molecule has 3 atom stereocenters. The largest absolute Gasteiger partial charge is 0.372 e. The molecule has 1 amide bonds. The van der Waals surface area contributed by atoms with Crippen molar-refractivity contribution in [2.45, 2.75) is 51.4 Å². The molecule has 2 fully saturated rings. The number of carbonyl (C=O) groups is 1. The van der Waals surface area contributed by atoms with Gasteiger partial charge in [0, 0.05) is 13.1 Å². The first-order valence-electron chi connectivity index (χ1n) is 6.34. The third-order valence-corrected chi connectivity index (χ3v) is 3.34. The average molecular weight is 226 g/mol. The number of carbonyl (C=O) groups excluding carboxylic acids is 1. The highest BCUT2D eigenvalue weighted by Gasteiger charge is 2.30. The van der Waals surface area contributed by atoms with Crippen molar-refractivity contribution in [2.24, 2.45) is 0 Å². The maximum Gasteiger partial charge on any atom is 0.239 e. The van der Waals surface area contributed by atoms with E-state index in [0.29, 0.717) is 0 Å². The highest BCUT2D eigenvalue weighted by molar-refractivity contribution is 5.82. The number of amides is 1. The lowest BCUT2D eigenvalue weighted by Gasteiger charge is -2.38. The highest BCUT2D eigenvalue weighted by atomic mass is 16.5. The van der Waals surface area contributed by atoms with Gasteiger partial charge in [0.05, 0.1) is 18.2 Å². The van der Waals surface area contributed by atoms with E-state index in [2.05, 4.69) is 5.32 Å². The monoisotopic (exact) mass is 226 g/mol. The Balaban J connectivity index is 1.92. The molecule has 2 aliphatic heterocycles. The number of piperidine rings is 1. The molecule has 4 heteroatoms. The summed E-state index contributed by atoms with van der Waals surface area (Å²) in [6, 6.07) is 0.0475. The molecular formula is C12H22N2O2. The van der Waals surface area contributed by atoms with Crippen LogP contribution in [0, 0.1) is 0 Å². The summed E-state index contributed by atoms with van der Waals surface area (Å²) in [5, 5.41) is 3.31. The summed E-state index contributed by atoms with van der Waals surface area (Å²) in [4.78, 5) is 14.2. The third-order valence-electron chi connectivity index (χ3n) is 3.34. The highest BCUT2D eigenvalue weighted by Crippen LogP contribution is 2.15. The van der Waals surface area contributed by atoms with Gasteiger partial charge in [-0.1, -0.05) is 6.42 Å². The summed E-state index contributed by atoms with van der Waals surface area (Å²) in [5.41, 5.74) is 0. The van der Waals surface area contributed by atoms with Gasteiger partial charge in [0.1, 0.15) is 0 Å². The van der Waals surface area contributed by atoms with Crippen LogP contribution in [-0.4, -0.2) is 48.7 Å². The summed E-state index contributed by atoms with van der Waals surface area (Å²) in [7, 11) is 0. The zero-order valence-electron chi connectivity index (χ0n) is 10.2. The number of nitrogens with zero attached hydrogens (tertiary/aromatic N) is 1. The van der Waals surface area contributed by atoms with Gasteiger partial charge in [-0.3, -0.25) is 4.79 Å². The summed E-state index contributed by atoms with van der Waals surface area (Å²) >= 11 is 0. The summed E-state index contributed by atoms with van der Waals surface area (Å²) in [5.74, 6) is 0.265. The molecule has 2 saturated heterocycles. The summed E-state index contributed by atoms with van der Waals surface area (Å²) < 4.78 is 5.64. The van der Waals surface area contributed by atoms with E-state index in [1.807, 2.05) is 18.7 Å². The fourth-order valence-corrected chi connectivity index (χ4v) is 2.64. The van der Waals surface area contributed by atoms with Crippen LogP contribution < -0.4 is 5.32 Å². The van der Waals surface area contributed by atoms with Crippen LogP contribution in [-0.2, 0) is 9.53 Å². The zero-order valence-corrected chi connectivity index (χ0v) is 10.2. The lowest BCUT2D eigenvalue weighted by atomic mass is 10.0. The van der Waals surface area contributed by atoms with Crippen LogP contribution in [0.15, 0.2) is 0 Å². The van der Waals surface area contributed by atoms with Crippen molar-refractivity contribution in [3.05, 3.63) is 0 Å². The van der Waals surface area contributed by atoms with Crippen LogP contribution in [0.1, 0.15) is 33.1 Å². The van der Waals surface area contributed by atoms with Crippen molar-refractivity contribution in [3.63, 3.8) is 0 Å². The van der Waals surface area contributed by atoms with Gasteiger partial charge < -0.3 is 15.0 Å². The van der Waals surface area contributed by atoms with Crippen molar-refractivity contribution in [1.29, 1.82) is 0 Å². The fraction of sp³-hybridized carbons (Fsp3) is 0.917. The quantitative estimate of drug-likeness (QED) is 0.718. The molecule has 16 heavy (non-hydrogen) atoms. The normalized spacial score (nSPS) is 36.1. The van der Waals surface area contributed by atoms with E-state index in [-0.39, 0.29) is 24.2 Å². The number of nitrogens with one attached hydrogen (secondary N) is 1. The van der Waals surface area contributed by atoms with Crippen LogP contribution in [0.4, 0.5) is 0 Å². The second-order valence-electron chi connectivity index (χ2n) is 5.00. The maximum absolute atomic E-state index is 12.3. The van der Waals surface area contributed by atoms with E-state index in [4.69, 9.17) is 4.74 Å². The van der Waals surface area contributed by atoms with E-state index in [1.165, 1.54) is 12.8 Å². The number of ether oxygens (including phenoxy) is 1. The fourth-order valence-electron chi connectivity index (χ4n) is 2.64. The first-order valence-corrected chi connectivity index (χ1v) is 6.34. The Morgan fingerprint density at radius 1 is 1.25 bits per heavy atom. The van der Waals surface area contributed by atoms with Gasteiger partial charge in [0.15, 0.2) is 0 Å². The Morgan fingerprint density at radius 3 is 2.50 bits per heavy atom. The molecule has 2 heterocycles. The first kappa shape index (κ1) is 11.9. The maximum atomic E-state index is 12.3. The molecular weight excluding hydrogens is 204 g/mol. The summed E-state index contributed by atoms with van der Waals surface area (Å²) in [6.45, 7) is 6.52. The molecule has 2 aliphatic rings. The Hall–Kier alpha value is -0.610. The van der Waals surface area contributed by atoms with Crippen molar-refractivity contribution in [3.8, 4) is 0 Å². The smallest absolute Gasteiger partial charge is 0.239 e. The topological polar surface area (TPSA) is 41.6 Å². The second-order valence-corrected chi connectivity index (χ2v) is 5.00. The van der Waals surface area contributed by atoms with E-state index >= 15 is 0 Å². The molecule has 92 valence electrons. The Bertz CT molecular complexity index is 241. The van der Waals surface area contributed by atoms with Crippen molar-refractivity contribution >= 4 is 5.91 Å². The van der Waals surface area contributed by atoms with Crippen LogP contribution in [0.25, 0.3) is 0 Å². The molecule has 0 aliphatic carbocycles. The van der Waals surface area contributed by atoms with E-state index < -0.39 is 0 Å². The van der Waals surface area contributed by atoms with Gasteiger partial charge in [0.2, 0.25) is 5.91 Å². The molecule has 0 saturated carbocycles. The van der Waals surface area contributed by atoms with E-state index in [1.54, 1.807) is 0 Å². The lowest BCUT2D eigenvalue weighted by Crippen LogP contribution is -2.55. The molecule has 0 aromatic carbocycles. The number of morpholine rings is 1. The Kier molecular flexibility index (Phi) is 3.82. The molecule has 0 spiro atoms. The second kappa shape index (κ2) is 5.15. The van der Waals surface area contributed by atoms with Crippen molar-refractivity contribution in [1.82, 2.24) is 10.2 Å². The minimum atomic E-state index is 0.0475. The summed E-state index contributed by atoms with van der Waals surface area (Å²) in [6.07, 6.45) is 3.67. The third kappa shape index (κ3) is 2.74. The van der Waals surface area contributed by atoms with Gasteiger partial charge in [-0.15, -0.1) is 0 Å². The molecule has 4 nitrogen and oxygen atoms in total. The van der Waals surface area contributed by atoms with Crippen LogP contribution >= 0.6 is 0 Å². The zero-order chi connectivity index (χ0) is 11.5. The SMILES string of the molecule is CC1CN(C(=O)[C@@H]2CCCCN2)CC(C)O1. The molecule has 0 bridgehead atoms. The van der Waals surface area contributed by atoms with Gasteiger partial charge in [0.25, 0.3) is 0 Å². The lowest BCUT2D eigenvalue weighted by molar-refractivity contribution is -0.145. The molecule has 0 radical (unpaired) electrons. The van der Waals surface area contributed by atoms with Gasteiger partial charge in [-0.25, -0.2) is 0 Å². The first-order chi connectivity index (χ1) is 7.66. The number of rotatable bonds is 1. The minimum Gasteiger partial charge on any atom is -0.372 e. The molecule has 2 unspecified atom stereocenters. The van der Waals surface area contributed by atoms with Crippen LogP contribution in [0.5, 0.6) is 0 Å².